The van der Waals surface area contributed by atoms with Crippen molar-refractivity contribution in [2.24, 2.45) is 5.92 Å². The van der Waals surface area contributed by atoms with E-state index in [9.17, 15) is 8.42 Å². The fourth-order valence-corrected chi connectivity index (χ4v) is 3.82. The summed E-state index contributed by atoms with van der Waals surface area (Å²) in [5.41, 5.74) is 6.96. The highest BCUT2D eigenvalue weighted by molar-refractivity contribution is 7.89. The first-order chi connectivity index (χ1) is 8.46. The van der Waals surface area contributed by atoms with E-state index in [0.717, 1.165) is 12.8 Å². The number of anilines is 1. The van der Waals surface area contributed by atoms with Crippen molar-refractivity contribution in [3.05, 3.63) is 23.8 Å². The highest BCUT2D eigenvalue weighted by Gasteiger charge is 2.31. The summed E-state index contributed by atoms with van der Waals surface area (Å²) in [6, 6.07) is 5.06. The number of rotatable bonds is 5. The Morgan fingerprint density at radius 2 is 2.06 bits per heavy atom. The van der Waals surface area contributed by atoms with Gasteiger partial charge in [0.15, 0.2) is 0 Å². The van der Waals surface area contributed by atoms with Crippen LogP contribution in [0.5, 0.6) is 0 Å². The largest absolute Gasteiger partial charge is 0.398 e. The minimum Gasteiger partial charge on any atom is -0.398 e. The maximum atomic E-state index is 12.6. The Bertz CT molecular complexity index is 536. The first kappa shape index (κ1) is 13.4. The van der Waals surface area contributed by atoms with E-state index in [1.807, 2.05) is 6.92 Å². The molecule has 0 saturated heterocycles. The number of benzene rings is 1. The van der Waals surface area contributed by atoms with E-state index in [1.165, 1.54) is 0 Å². The van der Waals surface area contributed by atoms with Crippen LogP contribution < -0.4 is 5.73 Å². The molecule has 4 nitrogen and oxygen atoms in total. The zero-order chi connectivity index (χ0) is 13.3. The van der Waals surface area contributed by atoms with Crippen molar-refractivity contribution in [3.63, 3.8) is 0 Å². The SMILES string of the molecule is CCN(CC1CC1)S(=O)(=O)c1cccc(N)c1C. The van der Waals surface area contributed by atoms with Crippen molar-refractivity contribution >= 4 is 15.7 Å². The quantitative estimate of drug-likeness (QED) is 0.831. The Kier molecular flexibility index (Phi) is 3.64. The normalized spacial score (nSPS) is 16.2. The molecule has 2 rings (SSSR count). The van der Waals surface area contributed by atoms with Crippen LogP contribution in [0.4, 0.5) is 5.69 Å². The van der Waals surface area contributed by atoms with Crippen LogP contribution in [-0.2, 0) is 10.0 Å². The first-order valence-corrected chi connectivity index (χ1v) is 7.76. The maximum absolute atomic E-state index is 12.6. The van der Waals surface area contributed by atoms with E-state index in [2.05, 4.69) is 0 Å². The van der Waals surface area contributed by atoms with Crippen molar-refractivity contribution in [1.82, 2.24) is 4.31 Å². The lowest BCUT2D eigenvalue weighted by atomic mass is 10.2. The molecule has 0 unspecified atom stereocenters. The molecule has 0 aromatic heterocycles. The lowest BCUT2D eigenvalue weighted by Gasteiger charge is -2.21. The van der Waals surface area contributed by atoms with Gasteiger partial charge in [-0.1, -0.05) is 13.0 Å². The third-order valence-electron chi connectivity index (χ3n) is 3.46. The molecule has 0 amide bonds. The zero-order valence-corrected chi connectivity index (χ0v) is 11.7. The molecule has 0 aliphatic heterocycles. The minimum atomic E-state index is -3.41. The molecule has 2 N–H and O–H groups in total. The topological polar surface area (TPSA) is 63.4 Å². The number of sulfonamides is 1. The van der Waals surface area contributed by atoms with E-state index in [-0.39, 0.29) is 0 Å². The average Bonchev–Trinajstić information content (AvgIpc) is 3.13. The van der Waals surface area contributed by atoms with Crippen LogP contribution in [0.1, 0.15) is 25.3 Å². The van der Waals surface area contributed by atoms with E-state index in [4.69, 9.17) is 5.73 Å². The van der Waals surface area contributed by atoms with Crippen molar-refractivity contribution in [2.75, 3.05) is 18.8 Å². The van der Waals surface area contributed by atoms with Gasteiger partial charge in [0.05, 0.1) is 4.90 Å². The Labute approximate surface area is 109 Å². The second kappa shape index (κ2) is 4.90. The number of nitrogen functional groups attached to an aromatic ring is 1. The Morgan fingerprint density at radius 1 is 1.39 bits per heavy atom. The fourth-order valence-electron chi connectivity index (χ4n) is 2.04. The van der Waals surface area contributed by atoms with E-state index in [1.54, 1.807) is 29.4 Å². The third kappa shape index (κ3) is 2.52. The van der Waals surface area contributed by atoms with Crippen molar-refractivity contribution in [1.29, 1.82) is 0 Å². The predicted molar refractivity (Wildman–Crippen MR) is 72.7 cm³/mol. The second-order valence-electron chi connectivity index (χ2n) is 4.87. The molecule has 18 heavy (non-hydrogen) atoms. The average molecular weight is 268 g/mol. The molecule has 1 aliphatic rings. The second-order valence-corrected chi connectivity index (χ2v) is 6.78. The molecular formula is C13H20N2O2S. The van der Waals surface area contributed by atoms with Crippen molar-refractivity contribution in [3.8, 4) is 0 Å². The molecule has 1 fully saturated rings. The van der Waals surface area contributed by atoms with Gasteiger partial charge in [0.2, 0.25) is 10.0 Å². The van der Waals surface area contributed by atoms with Gasteiger partial charge in [0.25, 0.3) is 0 Å². The number of hydrogen-bond acceptors (Lipinski definition) is 3. The number of nitrogens with two attached hydrogens (primary N) is 1. The standard InChI is InChI=1S/C13H20N2O2S/c1-3-15(9-11-7-8-11)18(16,17)13-6-4-5-12(14)10(13)2/h4-6,11H,3,7-9,14H2,1-2H3. The fraction of sp³-hybridized carbons (Fsp3) is 0.538. The number of nitrogens with zero attached hydrogens (tertiary/aromatic N) is 1. The summed E-state index contributed by atoms with van der Waals surface area (Å²) < 4.78 is 26.7. The highest BCUT2D eigenvalue weighted by Crippen LogP contribution is 2.32. The molecule has 5 heteroatoms. The van der Waals surface area contributed by atoms with Crippen LogP contribution in [0, 0.1) is 12.8 Å². The van der Waals surface area contributed by atoms with Crippen molar-refractivity contribution in [2.45, 2.75) is 31.6 Å². The predicted octanol–water partition coefficient (Wildman–Crippen LogP) is 2.00. The van der Waals surface area contributed by atoms with Crippen LogP contribution in [-0.4, -0.2) is 25.8 Å². The van der Waals surface area contributed by atoms with Gasteiger partial charge in [-0.2, -0.15) is 4.31 Å². The summed E-state index contributed by atoms with van der Waals surface area (Å²) in [6.45, 7) is 4.77. The van der Waals surface area contributed by atoms with Gasteiger partial charge < -0.3 is 5.73 Å². The number of hydrogen-bond donors (Lipinski definition) is 1. The summed E-state index contributed by atoms with van der Waals surface area (Å²) in [5.74, 6) is 0.543. The van der Waals surface area contributed by atoms with Gasteiger partial charge in [-0.25, -0.2) is 8.42 Å². The summed E-state index contributed by atoms with van der Waals surface area (Å²) in [5, 5.41) is 0. The molecule has 0 radical (unpaired) electrons. The summed E-state index contributed by atoms with van der Waals surface area (Å²) in [7, 11) is -3.41. The lowest BCUT2D eigenvalue weighted by Crippen LogP contribution is -2.33. The molecule has 1 aromatic rings. The molecule has 0 bridgehead atoms. The summed E-state index contributed by atoms with van der Waals surface area (Å²) >= 11 is 0. The van der Waals surface area contributed by atoms with Gasteiger partial charge in [0.1, 0.15) is 0 Å². The van der Waals surface area contributed by atoms with Crippen LogP contribution >= 0.6 is 0 Å². The van der Waals surface area contributed by atoms with Crippen LogP contribution in [0.2, 0.25) is 0 Å². The van der Waals surface area contributed by atoms with Gasteiger partial charge in [0, 0.05) is 18.8 Å². The molecule has 1 aliphatic carbocycles. The van der Waals surface area contributed by atoms with E-state index >= 15 is 0 Å². The molecule has 1 aromatic carbocycles. The molecule has 0 heterocycles. The third-order valence-corrected chi connectivity index (χ3v) is 5.54. The minimum absolute atomic E-state index is 0.338. The Morgan fingerprint density at radius 3 is 2.61 bits per heavy atom. The van der Waals surface area contributed by atoms with Gasteiger partial charge in [-0.3, -0.25) is 0 Å². The Hall–Kier alpha value is -1.07. The Balaban J connectivity index is 2.36. The van der Waals surface area contributed by atoms with E-state index < -0.39 is 10.0 Å². The molecule has 1 saturated carbocycles. The van der Waals surface area contributed by atoms with Crippen LogP contribution in [0.3, 0.4) is 0 Å². The van der Waals surface area contributed by atoms with Gasteiger partial charge >= 0.3 is 0 Å². The smallest absolute Gasteiger partial charge is 0.243 e. The molecular weight excluding hydrogens is 248 g/mol. The van der Waals surface area contributed by atoms with Crippen LogP contribution in [0.15, 0.2) is 23.1 Å². The van der Waals surface area contributed by atoms with Gasteiger partial charge in [-0.05, 0) is 43.4 Å². The maximum Gasteiger partial charge on any atom is 0.243 e. The van der Waals surface area contributed by atoms with Crippen molar-refractivity contribution < 1.29 is 8.42 Å². The monoisotopic (exact) mass is 268 g/mol. The van der Waals surface area contributed by atoms with Crippen LogP contribution in [0.25, 0.3) is 0 Å². The summed E-state index contributed by atoms with van der Waals surface area (Å²) in [6.07, 6.45) is 2.28. The van der Waals surface area contributed by atoms with E-state index in [0.29, 0.717) is 35.2 Å². The first-order valence-electron chi connectivity index (χ1n) is 6.32. The van der Waals surface area contributed by atoms with Gasteiger partial charge in [-0.15, -0.1) is 0 Å². The zero-order valence-electron chi connectivity index (χ0n) is 10.9. The highest BCUT2D eigenvalue weighted by atomic mass is 32.2. The summed E-state index contributed by atoms with van der Waals surface area (Å²) in [4.78, 5) is 0.338. The molecule has 0 spiro atoms. The molecule has 100 valence electrons. The lowest BCUT2D eigenvalue weighted by molar-refractivity contribution is 0.412. The molecule has 0 atom stereocenters.